The number of thiophene rings is 1. The minimum absolute atomic E-state index is 0.123. The molecule has 2 rings (SSSR count). The second-order valence-corrected chi connectivity index (χ2v) is 5.79. The molecule has 0 aliphatic heterocycles. The molecule has 0 amide bonds. The lowest BCUT2D eigenvalue weighted by Crippen LogP contribution is -2.35. The standard InChI is InChI=1S/C15H17F3N4OS/c16-15(17,18)11-3-4-13(22-10-11)23-8-7-21-14(19)20-6-5-12-2-1-9-24-12/h1-4,9-10H,5-8H2,(H3,19,20,21). The number of hydrogen-bond acceptors (Lipinski definition) is 4. The Labute approximate surface area is 141 Å². The van der Waals surface area contributed by atoms with E-state index in [0.29, 0.717) is 19.0 Å². The normalized spacial score (nSPS) is 12.2. The van der Waals surface area contributed by atoms with E-state index >= 15 is 0 Å². The lowest BCUT2D eigenvalue weighted by Gasteiger charge is -2.09. The molecule has 9 heteroatoms. The van der Waals surface area contributed by atoms with Crippen LogP contribution in [-0.4, -0.2) is 30.6 Å². The highest BCUT2D eigenvalue weighted by Gasteiger charge is 2.30. The highest BCUT2D eigenvalue weighted by atomic mass is 32.1. The Morgan fingerprint density at radius 2 is 2.17 bits per heavy atom. The van der Waals surface area contributed by atoms with Crippen LogP contribution in [0.1, 0.15) is 10.4 Å². The van der Waals surface area contributed by atoms with Crippen molar-refractivity contribution >= 4 is 17.3 Å². The number of hydrogen-bond donors (Lipinski definition) is 2. The van der Waals surface area contributed by atoms with Crippen molar-refractivity contribution in [3.8, 4) is 5.88 Å². The molecular formula is C15H17F3N4OS. The summed E-state index contributed by atoms with van der Waals surface area (Å²) in [6.07, 6.45) is -2.84. The average molecular weight is 358 g/mol. The maximum Gasteiger partial charge on any atom is 0.417 e. The van der Waals surface area contributed by atoms with Crippen molar-refractivity contribution in [2.75, 3.05) is 19.7 Å². The Balaban J connectivity index is 1.65. The van der Waals surface area contributed by atoms with E-state index < -0.39 is 11.7 Å². The van der Waals surface area contributed by atoms with E-state index in [-0.39, 0.29) is 12.5 Å². The van der Waals surface area contributed by atoms with Crippen molar-refractivity contribution in [3.05, 3.63) is 46.3 Å². The first kappa shape index (κ1) is 18.1. The van der Waals surface area contributed by atoms with Gasteiger partial charge in [0.15, 0.2) is 5.96 Å². The van der Waals surface area contributed by atoms with Gasteiger partial charge < -0.3 is 15.8 Å². The Kier molecular flexibility index (Phi) is 6.42. The molecule has 0 aliphatic carbocycles. The predicted molar refractivity (Wildman–Crippen MR) is 87.2 cm³/mol. The fourth-order valence-electron chi connectivity index (χ4n) is 1.77. The van der Waals surface area contributed by atoms with Crippen molar-refractivity contribution in [1.29, 1.82) is 0 Å². The summed E-state index contributed by atoms with van der Waals surface area (Å²) in [4.78, 5) is 9.02. The van der Waals surface area contributed by atoms with Gasteiger partial charge >= 0.3 is 6.18 Å². The third-order valence-electron chi connectivity index (χ3n) is 2.94. The molecule has 2 heterocycles. The summed E-state index contributed by atoms with van der Waals surface area (Å²) in [5, 5.41) is 4.87. The van der Waals surface area contributed by atoms with Gasteiger partial charge in [0, 0.05) is 30.1 Å². The van der Waals surface area contributed by atoms with Crippen LogP contribution in [-0.2, 0) is 12.6 Å². The molecule has 0 aromatic carbocycles. The number of nitrogens with zero attached hydrogens (tertiary/aromatic N) is 2. The van der Waals surface area contributed by atoms with Crippen LogP contribution in [0.4, 0.5) is 13.2 Å². The van der Waals surface area contributed by atoms with Gasteiger partial charge in [-0.25, -0.2) is 4.98 Å². The summed E-state index contributed by atoms with van der Waals surface area (Å²) in [5.41, 5.74) is 4.90. The molecule has 0 atom stereocenters. The van der Waals surface area contributed by atoms with Crippen LogP contribution in [0.25, 0.3) is 0 Å². The maximum absolute atomic E-state index is 12.4. The monoisotopic (exact) mass is 358 g/mol. The maximum atomic E-state index is 12.4. The fourth-order valence-corrected chi connectivity index (χ4v) is 2.46. The highest BCUT2D eigenvalue weighted by molar-refractivity contribution is 7.09. The van der Waals surface area contributed by atoms with Crippen molar-refractivity contribution in [2.24, 2.45) is 10.7 Å². The molecule has 2 aromatic heterocycles. The summed E-state index contributed by atoms with van der Waals surface area (Å²) in [6.45, 7) is 1.16. The number of guanidine groups is 1. The van der Waals surface area contributed by atoms with E-state index in [4.69, 9.17) is 10.5 Å². The molecule has 0 bridgehead atoms. The highest BCUT2D eigenvalue weighted by Crippen LogP contribution is 2.29. The number of alkyl halides is 3. The number of rotatable bonds is 7. The van der Waals surface area contributed by atoms with Crippen LogP contribution in [0.2, 0.25) is 0 Å². The molecular weight excluding hydrogens is 341 g/mol. The van der Waals surface area contributed by atoms with Gasteiger partial charge in [-0.05, 0) is 17.5 Å². The first-order valence-electron chi connectivity index (χ1n) is 7.17. The summed E-state index contributed by atoms with van der Waals surface area (Å²) in [5.74, 6) is 0.425. The quantitative estimate of drug-likeness (QED) is 0.453. The molecule has 2 aromatic rings. The summed E-state index contributed by atoms with van der Waals surface area (Å²) < 4.78 is 42.4. The third kappa shape index (κ3) is 6.07. The van der Waals surface area contributed by atoms with Gasteiger partial charge in [0.05, 0.1) is 12.1 Å². The van der Waals surface area contributed by atoms with E-state index in [9.17, 15) is 13.2 Å². The van der Waals surface area contributed by atoms with Crippen LogP contribution >= 0.6 is 11.3 Å². The van der Waals surface area contributed by atoms with Crippen molar-refractivity contribution in [3.63, 3.8) is 0 Å². The second-order valence-electron chi connectivity index (χ2n) is 4.75. The lowest BCUT2D eigenvalue weighted by atomic mass is 10.3. The van der Waals surface area contributed by atoms with Gasteiger partial charge in [0.2, 0.25) is 5.88 Å². The predicted octanol–water partition coefficient (Wildman–Crippen LogP) is 2.69. The first-order valence-corrected chi connectivity index (χ1v) is 8.05. The van der Waals surface area contributed by atoms with Crippen LogP contribution in [0.3, 0.4) is 0 Å². The van der Waals surface area contributed by atoms with Crippen LogP contribution in [0, 0.1) is 0 Å². The number of halogens is 3. The molecule has 0 fully saturated rings. The lowest BCUT2D eigenvalue weighted by molar-refractivity contribution is -0.137. The number of nitrogens with two attached hydrogens (primary N) is 1. The van der Waals surface area contributed by atoms with Crippen molar-refractivity contribution < 1.29 is 17.9 Å². The molecule has 0 saturated heterocycles. The third-order valence-corrected chi connectivity index (χ3v) is 3.88. The van der Waals surface area contributed by atoms with E-state index in [2.05, 4.69) is 15.3 Å². The van der Waals surface area contributed by atoms with Crippen LogP contribution in [0.5, 0.6) is 5.88 Å². The number of pyridine rings is 1. The fraction of sp³-hybridized carbons (Fsp3) is 0.333. The molecule has 0 saturated carbocycles. The molecule has 5 nitrogen and oxygen atoms in total. The smallest absolute Gasteiger partial charge is 0.417 e. The van der Waals surface area contributed by atoms with E-state index in [0.717, 1.165) is 18.7 Å². The minimum Gasteiger partial charge on any atom is -0.476 e. The zero-order chi connectivity index (χ0) is 17.4. The molecule has 0 unspecified atom stereocenters. The Morgan fingerprint density at radius 3 is 2.79 bits per heavy atom. The number of nitrogens with one attached hydrogen (secondary N) is 1. The Morgan fingerprint density at radius 1 is 1.33 bits per heavy atom. The molecule has 130 valence electrons. The molecule has 0 radical (unpaired) electrons. The first-order chi connectivity index (χ1) is 11.4. The van der Waals surface area contributed by atoms with Gasteiger partial charge in [-0.1, -0.05) is 6.07 Å². The average Bonchev–Trinajstić information content (AvgIpc) is 3.04. The van der Waals surface area contributed by atoms with Crippen molar-refractivity contribution in [1.82, 2.24) is 10.3 Å². The minimum atomic E-state index is -4.40. The van der Waals surface area contributed by atoms with Crippen molar-refractivity contribution in [2.45, 2.75) is 12.6 Å². The zero-order valence-corrected chi connectivity index (χ0v) is 13.5. The molecule has 0 aliphatic rings. The topological polar surface area (TPSA) is 72.5 Å². The molecule has 0 spiro atoms. The number of aliphatic imine (C=N–C) groups is 1. The summed E-state index contributed by atoms with van der Waals surface area (Å²) in [7, 11) is 0. The van der Waals surface area contributed by atoms with Gasteiger partial charge in [0.1, 0.15) is 6.61 Å². The van der Waals surface area contributed by atoms with Gasteiger partial charge in [-0.2, -0.15) is 13.2 Å². The second kappa shape index (κ2) is 8.53. The van der Waals surface area contributed by atoms with Crippen LogP contribution in [0.15, 0.2) is 40.8 Å². The van der Waals surface area contributed by atoms with E-state index in [1.807, 2.05) is 17.5 Å². The SMILES string of the molecule is NC(=NCCc1cccs1)NCCOc1ccc(C(F)(F)F)cn1. The molecule has 3 N–H and O–H groups in total. The summed E-state index contributed by atoms with van der Waals surface area (Å²) >= 11 is 1.67. The van der Waals surface area contributed by atoms with Gasteiger partial charge in [0.25, 0.3) is 0 Å². The molecule has 24 heavy (non-hydrogen) atoms. The van der Waals surface area contributed by atoms with E-state index in [1.54, 1.807) is 11.3 Å². The summed E-state index contributed by atoms with van der Waals surface area (Å²) in [6, 6.07) is 6.13. The van der Waals surface area contributed by atoms with Crippen LogP contribution < -0.4 is 15.8 Å². The number of ether oxygens (including phenoxy) is 1. The Bertz CT molecular complexity index is 642. The van der Waals surface area contributed by atoms with Gasteiger partial charge in [-0.3, -0.25) is 4.99 Å². The number of aromatic nitrogens is 1. The largest absolute Gasteiger partial charge is 0.476 e. The van der Waals surface area contributed by atoms with Gasteiger partial charge in [-0.15, -0.1) is 11.3 Å². The zero-order valence-electron chi connectivity index (χ0n) is 12.7. The van der Waals surface area contributed by atoms with E-state index in [1.165, 1.54) is 10.9 Å². The Hall–Kier alpha value is -2.29.